The molecule has 4 aliphatic rings. The number of nitrogens with one attached hydrogen (secondary N) is 1. The first-order valence-corrected chi connectivity index (χ1v) is 11.1. The molecule has 4 fully saturated rings. The summed E-state index contributed by atoms with van der Waals surface area (Å²) in [5.41, 5.74) is 6.29. The Bertz CT molecular complexity index is 514. The fourth-order valence-corrected chi connectivity index (χ4v) is 8.15. The molecule has 4 nitrogen and oxygen atoms in total. The molecule has 9 atom stereocenters. The van der Waals surface area contributed by atoms with Gasteiger partial charge in [-0.15, -0.1) is 0 Å². The molecule has 0 radical (unpaired) electrons. The van der Waals surface area contributed by atoms with Gasteiger partial charge in [-0.1, -0.05) is 13.8 Å². The van der Waals surface area contributed by atoms with Gasteiger partial charge >= 0.3 is 0 Å². The number of aliphatic hydroxyl groups is 1. The van der Waals surface area contributed by atoms with Crippen LogP contribution in [0.1, 0.15) is 65.2 Å². The molecule has 0 spiro atoms. The number of hydrogen-bond donors (Lipinski definition) is 3. The zero-order valence-electron chi connectivity index (χ0n) is 17.0. The highest BCUT2D eigenvalue weighted by Gasteiger charge is 2.62. The summed E-state index contributed by atoms with van der Waals surface area (Å²) in [4.78, 5) is 0. The number of methoxy groups -OCH3 is 1. The maximum absolute atomic E-state index is 11.4. The van der Waals surface area contributed by atoms with Crippen molar-refractivity contribution in [2.24, 2.45) is 40.2 Å². The van der Waals surface area contributed by atoms with Crippen molar-refractivity contribution in [2.75, 3.05) is 20.2 Å². The molecular formula is C22H40N2O2. The van der Waals surface area contributed by atoms with Crippen LogP contribution >= 0.6 is 0 Å². The lowest BCUT2D eigenvalue weighted by Crippen LogP contribution is -2.60. The molecular weight excluding hydrogens is 324 g/mol. The summed E-state index contributed by atoms with van der Waals surface area (Å²) in [7, 11) is 1.87. The smallest absolute Gasteiger partial charge is 0.0582 e. The van der Waals surface area contributed by atoms with Crippen molar-refractivity contribution in [1.82, 2.24) is 5.32 Å². The first-order chi connectivity index (χ1) is 12.4. The highest BCUT2D eigenvalue weighted by molar-refractivity contribution is 5.13. The van der Waals surface area contributed by atoms with Crippen LogP contribution in [-0.2, 0) is 4.74 Å². The van der Waals surface area contributed by atoms with Crippen LogP contribution in [-0.4, -0.2) is 43.6 Å². The van der Waals surface area contributed by atoms with Gasteiger partial charge in [-0.2, -0.15) is 0 Å². The van der Waals surface area contributed by atoms with E-state index >= 15 is 0 Å². The van der Waals surface area contributed by atoms with Crippen molar-refractivity contribution in [3.8, 4) is 0 Å². The van der Waals surface area contributed by atoms with Gasteiger partial charge in [0.1, 0.15) is 0 Å². The molecule has 150 valence electrons. The molecule has 0 amide bonds. The number of rotatable bonds is 4. The van der Waals surface area contributed by atoms with Crippen molar-refractivity contribution >= 4 is 0 Å². The molecule has 0 bridgehead atoms. The topological polar surface area (TPSA) is 67.5 Å². The third kappa shape index (κ3) is 2.78. The molecule has 4 rings (SSSR count). The van der Waals surface area contributed by atoms with Gasteiger partial charge in [0, 0.05) is 26.2 Å². The van der Waals surface area contributed by atoms with Crippen LogP contribution in [0.25, 0.3) is 0 Å². The normalized spacial score (nSPS) is 53.7. The van der Waals surface area contributed by atoms with Crippen LogP contribution in [0.5, 0.6) is 0 Å². The van der Waals surface area contributed by atoms with Gasteiger partial charge in [0.15, 0.2) is 0 Å². The third-order valence-corrected chi connectivity index (χ3v) is 9.41. The fourth-order valence-electron chi connectivity index (χ4n) is 8.15. The second kappa shape index (κ2) is 7.02. The number of fused-ring (bicyclic) bond motifs is 5. The predicted octanol–water partition coefficient (Wildman–Crippen LogP) is 2.93. The molecule has 0 saturated heterocycles. The van der Waals surface area contributed by atoms with E-state index in [0.29, 0.717) is 35.9 Å². The summed E-state index contributed by atoms with van der Waals surface area (Å²) < 4.78 is 5.70. The predicted molar refractivity (Wildman–Crippen MR) is 105 cm³/mol. The number of nitrogens with two attached hydrogens (primary N) is 1. The molecule has 0 aromatic heterocycles. The van der Waals surface area contributed by atoms with E-state index < -0.39 is 0 Å². The Morgan fingerprint density at radius 1 is 1.12 bits per heavy atom. The van der Waals surface area contributed by atoms with E-state index in [1.165, 1.54) is 44.9 Å². The first-order valence-electron chi connectivity index (χ1n) is 11.1. The lowest BCUT2D eigenvalue weighted by atomic mass is 9.44. The van der Waals surface area contributed by atoms with Gasteiger partial charge in [-0.3, -0.25) is 0 Å². The fraction of sp³-hybridized carbons (Fsp3) is 1.00. The van der Waals surface area contributed by atoms with Gasteiger partial charge in [0.05, 0.1) is 12.2 Å². The Balaban J connectivity index is 1.57. The largest absolute Gasteiger partial charge is 0.393 e. The van der Waals surface area contributed by atoms with Crippen molar-refractivity contribution in [1.29, 1.82) is 0 Å². The molecule has 0 heterocycles. The van der Waals surface area contributed by atoms with Crippen LogP contribution in [0.2, 0.25) is 0 Å². The zero-order chi connectivity index (χ0) is 18.5. The molecule has 0 aromatic rings. The third-order valence-electron chi connectivity index (χ3n) is 9.41. The second-order valence-electron chi connectivity index (χ2n) is 10.4. The molecule has 4 N–H and O–H groups in total. The Hall–Kier alpha value is -0.160. The van der Waals surface area contributed by atoms with E-state index in [2.05, 4.69) is 19.2 Å². The molecule has 9 unspecified atom stereocenters. The van der Waals surface area contributed by atoms with Gasteiger partial charge < -0.3 is 20.9 Å². The van der Waals surface area contributed by atoms with Crippen molar-refractivity contribution in [2.45, 2.75) is 83.5 Å². The Labute approximate surface area is 159 Å². The van der Waals surface area contributed by atoms with Crippen LogP contribution < -0.4 is 11.1 Å². The molecule has 4 aliphatic carbocycles. The lowest BCUT2D eigenvalue weighted by Gasteiger charge is -2.62. The van der Waals surface area contributed by atoms with Crippen LogP contribution in [0.4, 0.5) is 0 Å². The standard InChI is InChI=1S/C22H40N2O2/c1-21-9-8-15(26-3)12-14(21)4-5-16-17-6-7-19(24-11-10-23)22(17,2)13-18(25)20(16)21/h14-20,24-25H,4-13,23H2,1-3H3. The summed E-state index contributed by atoms with van der Waals surface area (Å²) in [6.07, 6.45) is 10.1. The SMILES string of the molecule is COC1CCC2(C)C(CCC3C4CCC(NCCN)C4(C)CC(O)C32)C1. The summed E-state index contributed by atoms with van der Waals surface area (Å²) >= 11 is 0. The lowest BCUT2D eigenvalue weighted by molar-refractivity contribution is -0.176. The Morgan fingerprint density at radius 2 is 1.92 bits per heavy atom. The van der Waals surface area contributed by atoms with E-state index in [1.54, 1.807) is 0 Å². The second-order valence-corrected chi connectivity index (χ2v) is 10.4. The summed E-state index contributed by atoms with van der Waals surface area (Å²) in [5, 5.41) is 15.1. The molecule has 0 aliphatic heterocycles. The Kier molecular flexibility index (Phi) is 5.18. The van der Waals surface area contributed by atoms with Gasteiger partial charge in [0.2, 0.25) is 0 Å². The highest BCUT2D eigenvalue weighted by atomic mass is 16.5. The van der Waals surface area contributed by atoms with Gasteiger partial charge in [-0.05, 0) is 85.9 Å². The maximum atomic E-state index is 11.4. The number of hydrogen-bond acceptors (Lipinski definition) is 4. The van der Waals surface area contributed by atoms with Crippen molar-refractivity contribution in [3.63, 3.8) is 0 Å². The minimum atomic E-state index is -0.145. The number of aliphatic hydroxyl groups excluding tert-OH is 1. The average Bonchev–Trinajstić information content (AvgIpc) is 2.94. The van der Waals surface area contributed by atoms with Crippen molar-refractivity contribution < 1.29 is 9.84 Å². The van der Waals surface area contributed by atoms with E-state index in [1.807, 2.05) is 7.11 Å². The first kappa shape index (κ1) is 19.2. The summed E-state index contributed by atoms with van der Waals surface area (Å²) in [6.45, 7) is 6.56. The highest BCUT2D eigenvalue weighted by Crippen LogP contribution is 2.66. The molecule has 26 heavy (non-hydrogen) atoms. The number of ether oxygens (including phenoxy) is 1. The zero-order valence-corrected chi connectivity index (χ0v) is 17.0. The van der Waals surface area contributed by atoms with Crippen LogP contribution in [0.15, 0.2) is 0 Å². The Morgan fingerprint density at radius 3 is 2.65 bits per heavy atom. The molecule has 0 aromatic carbocycles. The van der Waals surface area contributed by atoms with Crippen molar-refractivity contribution in [3.05, 3.63) is 0 Å². The summed E-state index contributed by atoms with van der Waals surface area (Å²) in [6, 6.07) is 0.529. The van der Waals surface area contributed by atoms with Gasteiger partial charge in [0.25, 0.3) is 0 Å². The maximum Gasteiger partial charge on any atom is 0.0582 e. The van der Waals surface area contributed by atoms with Crippen LogP contribution in [0.3, 0.4) is 0 Å². The van der Waals surface area contributed by atoms with Gasteiger partial charge in [-0.25, -0.2) is 0 Å². The van der Waals surface area contributed by atoms with E-state index in [-0.39, 0.29) is 11.5 Å². The van der Waals surface area contributed by atoms with Crippen LogP contribution in [0, 0.1) is 34.5 Å². The average molecular weight is 365 g/mol. The van der Waals surface area contributed by atoms with E-state index in [9.17, 15) is 5.11 Å². The quantitative estimate of drug-likeness (QED) is 0.717. The molecule has 4 heteroatoms. The van der Waals surface area contributed by atoms with E-state index in [4.69, 9.17) is 10.5 Å². The monoisotopic (exact) mass is 364 g/mol. The summed E-state index contributed by atoms with van der Waals surface area (Å²) in [5.74, 6) is 2.69. The van der Waals surface area contributed by atoms with E-state index in [0.717, 1.165) is 24.8 Å². The minimum Gasteiger partial charge on any atom is -0.393 e. The molecule has 4 saturated carbocycles. The minimum absolute atomic E-state index is 0.145.